The Hall–Kier alpha value is -3.46. The lowest BCUT2D eigenvalue weighted by atomic mass is 10.3. The Morgan fingerprint density at radius 1 is 0.643 bits per heavy atom. The molecule has 0 fully saturated rings. The Kier molecular flexibility index (Phi) is 5.55. The quantitative estimate of drug-likeness (QED) is 0.590. The van der Waals surface area contributed by atoms with Crippen LogP contribution in [0.25, 0.3) is 0 Å². The second kappa shape index (κ2) is 8.05. The number of nitrogens with one attached hydrogen (secondary N) is 3. The van der Waals surface area contributed by atoms with Gasteiger partial charge in [0, 0.05) is 17.1 Å². The summed E-state index contributed by atoms with van der Waals surface area (Å²) in [7, 11) is -3.86. The zero-order valence-electron chi connectivity index (χ0n) is 14.3. The van der Waals surface area contributed by atoms with Crippen molar-refractivity contribution in [2.24, 2.45) is 0 Å². The third kappa shape index (κ3) is 5.04. The standard InChI is InChI=1S/C19H15F2N3O3S/c20-13-1-5-15(6-2-13)22-19(25)23-16-7-9-17(10-8-16)24-28(26,27)18-11-3-14(21)4-12-18/h1-12,24H,(H2,22,23,25). The molecule has 3 aromatic rings. The maximum Gasteiger partial charge on any atom is 0.323 e. The Labute approximate surface area is 160 Å². The highest BCUT2D eigenvalue weighted by Gasteiger charge is 2.14. The van der Waals surface area contributed by atoms with E-state index in [1.165, 1.54) is 48.5 Å². The van der Waals surface area contributed by atoms with Crippen LogP contribution in [0.3, 0.4) is 0 Å². The molecule has 0 aliphatic rings. The molecule has 0 bridgehead atoms. The number of halogens is 2. The van der Waals surface area contributed by atoms with Gasteiger partial charge in [0.2, 0.25) is 0 Å². The fourth-order valence-corrected chi connectivity index (χ4v) is 3.33. The van der Waals surface area contributed by atoms with E-state index in [0.29, 0.717) is 11.4 Å². The van der Waals surface area contributed by atoms with Gasteiger partial charge in [0.15, 0.2) is 0 Å². The van der Waals surface area contributed by atoms with Gasteiger partial charge in [-0.2, -0.15) is 0 Å². The van der Waals surface area contributed by atoms with E-state index in [4.69, 9.17) is 0 Å². The topological polar surface area (TPSA) is 87.3 Å². The monoisotopic (exact) mass is 403 g/mol. The number of anilines is 3. The van der Waals surface area contributed by atoms with Gasteiger partial charge in [-0.05, 0) is 72.8 Å². The summed E-state index contributed by atoms with van der Waals surface area (Å²) in [5.74, 6) is -0.946. The van der Waals surface area contributed by atoms with Crippen molar-refractivity contribution in [1.82, 2.24) is 0 Å². The third-order valence-electron chi connectivity index (χ3n) is 3.62. The number of rotatable bonds is 5. The largest absolute Gasteiger partial charge is 0.323 e. The molecule has 28 heavy (non-hydrogen) atoms. The number of amides is 2. The molecule has 0 aliphatic carbocycles. The van der Waals surface area contributed by atoms with E-state index in [1.54, 1.807) is 0 Å². The van der Waals surface area contributed by atoms with Crippen molar-refractivity contribution < 1.29 is 22.0 Å². The van der Waals surface area contributed by atoms with E-state index >= 15 is 0 Å². The summed E-state index contributed by atoms with van der Waals surface area (Å²) in [5, 5.41) is 5.11. The van der Waals surface area contributed by atoms with Gasteiger partial charge in [0.25, 0.3) is 10.0 Å². The van der Waals surface area contributed by atoms with Crippen molar-refractivity contribution in [3.8, 4) is 0 Å². The van der Waals surface area contributed by atoms with Crippen LogP contribution in [-0.4, -0.2) is 14.4 Å². The molecule has 3 rings (SSSR count). The predicted molar refractivity (Wildman–Crippen MR) is 103 cm³/mol. The minimum atomic E-state index is -3.86. The zero-order chi connectivity index (χ0) is 20.1. The van der Waals surface area contributed by atoms with Crippen molar-refractivity contribution in [3.63, 3.8) is 0 Å². The first-order valence-corrected chi connectivity index (χ1v) is 9.52. The zero-order valence-corrected chi connectivity index (χ0v) is 15.1. The smallest absolute Gasteiger partial charge is 0.308 e. The van der Waals surface area contributed by atoms with E-state index in [2.05, 4.69) is 15.4 Å². The van der Waals surface area contributed by atoms with Gasteiger partial charge in [-0.1, -0.05) is 0 Å². The maximum atomic E-state index is 12.9. The van der Waals surface area contributed by atoms with Gasteiger partial charge in [-0.3, -0.25) is 4.72 Å². The fourth-order valence-electron chi connectivity index (χ4n) is 2.28. The van der Waals surface area contributed by atoms with Crippen molar-refractivity contribution in [2.45, 2.75) is 4.90 Å². The molecule has 0 aromatic heterocycles. The Morgan fingerprint density at radius 2 is 1.04 bits per heavy atom. The van der Waals surface area contributed by atoms with E-state index < -0.39 is 27.7 Å². The summed E-state index contributed by atoms with van der Waals surface area (Å²) in [5.41, 5.74) is 1.11. The molecular weight excluding hydrogens is 388 g/mol. The van der Waals surface area contributed by atoms with Crippen LogP contribution in [0.2, 0.25) is 0 Å². The molecule has 0 saturated heterocycles. The number of benzene rings is 3. The molecule has 3 N–H and O–H groups in total. The van der Waals surface area contributed by atoms with Gasteiger partial charge in [0.1, 0.15) is 11.6 Å². The average molecular weight is 403 g/mol. The summed E-state index contributed by atoms with van der Waals surface area (Å²) < 4.78 is 52.7. The van der Waals surface area contributed by atoms with E-state index in [-0.39, 0.29) is 10.6 Å². The predicted octanol–water partition coefficient (Wildman–Crippen LogP) is 4.41. The van der Waals surface area contributed by atoms with Crippen LogP contribution in [0.15, 0.2) is 77.7 Å². The molecule has 9 heteroatoms. The van der Waals surface area contributed by atoms with Gasteiger partial charge >= 0.3 is 6.03 Å². The molecule has 144 valence electrons. The molecular formula is C19H15F2N3O3S. The number of hydrogen-bond acceptors (Lipinski definition) is 3. The van der Waals surface area contributed by atoms with E-state index in [0.717, 1.165) is 24.3 Å². The van der Waals surface area contributed by atoms with Gasteiger partial charge in [0.05, 0.1) is 4.90 Å². The first kappa shape index (κ1) is 19.3. The highest BCUT2D eigenvalue weighted by molar-refractivity contribution is 7.92. The van der Waals surface area contributed by atoms with E-state index in [9.17, 15) is 22.0 Å². The highest BCUT2D eigenvalue weighted by atomic mass is 32.2. The molecule has 0 unspecified atom stereocenters. The second-order valence-corrected chi connectivity index (χ2v) is 7.41. The van der Waals surface area contributed by atoms with Crippen molar-refractivity contribution in [3.05, 3.63) is 84.4 Å². The number of carbonyl (C=O) groups is 1. The van der Waals surface area contributed by atoms with Crippen LogP contribution >= 0.6 is 0 Å². The second-order valence-electron chi connectivity index (χ2n) is 5.72. The average Bonchev–Trinajstić information content (AvgIpc) is 2.65. The lowest BCUT2D eigenvalue weighted by Crippen LogP contribution is -2.19. The molecule has 0 heterocycles. The number of carbonyl (C=O) groups excluding carboxylic acids is 1. The fraction of sp³-hybridized carbons (Fsp3) is 0. The maximum absolute atomic E-state index is 12.9. The number of urea groups is 1. The minimum absolute atomic E-state index is 0.0743. The normalized spacial score (nSPS) is 10.9. The molecule has 0 saturated carbocycles. The number of hydrogen-bond donors (Lipinski definition) is 3. The lowest BCUT2D eigenvalue weighted by molar-refractivity contribution is 0.262. The van der Waals surface area contributed by atoms with Crippen molar-refractivity contribution >= 4 is 33.1 Å². The molecule has 0 spiro atoms. The Morgan fingerprint density at radius 3 is 1.54 bits per heavy atom. The summed E-state index contributed by atoms with van der Waals surface area (Å²) in [6.45, 7) is 0. The SMILES string of the molecule is O=C(Nc1ccc(F)cc1)Nc1ccc(NS(=O)(=O)c2ccc(F)cc2)cc1. The number of sulfonamides is 1. The first-order valence-electron chi connectivity index (χ1n) is 8.04. The van der Waals surface area contributed by atoms with Crippen LogP contribution in [-0.2, 0) is 10.0 Å². The van der Waals surface area contributed by atoms with Crippen LogP contribution in [0.1, 0.15) is 0 Å². The Balaban J connectivity index is 1.62. The molecule has 0 radical (unpaired) electrons. The van der Waals surface area contributed by atoms with Crippen LogP contribution < -0.4 is 15.4 Å². The molecule has 6 nitrogen and oxygen atoms in total. The third-order valence-corrected chi connectivity index (χ3v) is 5.02. The molecule has 2 amide bonds. The van der Waals surface area contributed by atoms with E-state index in [1.807, 2.05) is 0 Å². The van der Waals surface area contributed by atoms with Crippen LogP contribution in [0.5, 0.6) is 0 Å². The summed E-state index contributed by atoms with van der Waals surface area (Å²) in [6.07, 6.45) is 0. The first-order chi connectivity index (χ1) is 13.3. The summed E-state index contributed by atoms with van der Waals surface area (Å²) >= 11 is 0. The Bertz CT molecular complexity index is 1070. The lowest BCUT2D eigenvalue weighted by Gasteiger charge is -2.10. The van der Waals surface area contributed by atoms with Crippen LogP contribution in [0.4, 0.5) is 30.6 Å². The summed E-state index contributed by atoms with van der Waals surface area (Å²) in [4.78, 5) is 11.9. The van der Waals surface area contributed by atoms with Crippen LogP contribution in [0, 0.1) is 11.6 Å². The van der Waals surface area contributed by atoms with Crippen molar-refractivity contribution in [1.29, 1.82) is 0 Å². The van der Waals surface area contributed by atoms with Gasteiger partial charge < -0.3 is 10.6 Å². The van der Waals surface area contributed by atoms with Crippen molar-refractivity contribution in [2.75, 3.05) is 15.4 Å². The molecule has 3 aromatic carbocycles. The summed E-state index contributed by atoms with van der Waals surface area (Å²) in [6, 6.07) is 15.1. The minimum Gasteiger partial charge on any atom is -0.308 e. The van der Waals surface area contributed by atoms with Gasteiger partial charge in [-0.25, -0.2) is 22.0 Å². The highest BCUT2D eigenvalue weighted by Crippen LogP contribution is 2.19. The molecule has 0 aliphatic heterocycles. The van der Waals surface area contributed by atoms with Gasteiger partial charge in [-0.15, -0.1) is 0 Å². The molecule has 0 atom stereocenters.